The van der Waals surface area contributed by atoms with Gasteiger partial charge in [-0.3, -0.25) is 15.4 Å². The lowest BCUT2D eigenvalue weighted by molar-refractivity contribution is -0.380. The highest BCUT2D eigenvalue weighted by atomic mass is 32.1. The van der Waals surface area contributed by atoms with Gasteiger partial charge in [0, 0.05) is 13.1 Å². The first-order valence-corrected chi connectivity index (χ1v) is 4.65. The molecule has 7 heteroatoms. The van der Waals surface area contributed by atoms with Gasteiger partial charge in [0.2, 0.25) is 0 Å². The molecule has 0 aliphatic carbocycles. The molecule has 13 heavy (non-hydrogen) atoms. The molecule has 1 N–H and O–H groups in total. The second-order valence-electron chi connectivity index (χ2n) is 2.66. The zero-order valence-corrected chi connectivity index (χ0v) is 7.58. The van der Waals surface area contributed by atoms with Crippen LogP contribution < -0.4 is 10.2 Å². The summed E-state index contributed by atoms with van der Waals surface area (Å²) < 4.78 is 0. The van der Waals surface area contributed by atoms with E-state index in [1.165, 1.54) is 6.20 Å². The van der Waals surface area contributed by atoms with Crippen molar-refractivity contribution < 1.29 is 4.92 Å². The molecule has 0 saturated carbocycles. The highest BCUT2D eigenvalue weighted by Gasteiger charge is 2.18. The van der Waals surface area contributed by atoms with Crippen LogP contribution in [0.15, 0.2) is 6.20 Å². The van der Waals surface area contributed by atoms with Gasteiger partial charge < -0.3 is 4.90 Å². The molecule has 1 fully saturated rings. The van der Waals surface area contributed by atoms with Gasteiger partial charge in [-0.25, -0.2) is 4.98 Å². The van der Waals surface area contributed by atoms with Crippen molar-refractivity contribution in [1.29, 1.82) is 0 Å². The van der Waals surface area contributed by atoms with Crippen LogP contribution in [0, 0.1) is 10.1 Å². The molecule has 1 aliphatic heterocycles. The standard InChI is InChI=1S/C6H8N4O2S/c11-10(12)5-3-8-6(13-5)9-2-1-7-4-9/h3,7H,1-2,4H2. The average molecular weight is 200 g/mol. The van der Waals surface area contributed by atoms with Crippen molar-refractivity contribution in [3.8, 4) is 0 Å². The van der Waals surface area contributed by atoms with E-state index >= 15 is 0 Å². The van der Waals surface area contributed by atoms with Crippen LogP contribution in [0.2, 0.25) is 0 Å². The SMILES string of the molecule is O=[N+]([O-])c1cnc(N2CCNC2)s1. The van der Waals surface area contributed by atoms with E-state index in [1.807, 2.05) is 4.90 Å². The van der Waals surface area contributed by atoms with Gasteiger partial charge in [0.15, 0.2) is 5.13 Å². The maximum Gasteiger partial charge on any atom is 0.345 e. The Hall–Kier alpha value is -1.21. The first-order chi connectivity index (χ1) is 6.27. The summed E-state index contributed by atoms with van der Waals surface area (Å²) in [7, 11) is 0. The molecule has 1 aromatic rings. The van der Waals surface area contributed by atoms with E-state index in [0.717, 1.165) is 36.2 Å². The predicted molar refractivity (Wildman–Crippen MR) is 49.0 cm³/mol. The van der Waals surface area contributed by atoms with Crippen molar-refractivity contribution in [2.45, 2.75) is 0 Å². The lowest BCUT2D eigenvalue weighted by Crippen LogP contribution is -2.20. The Kier molecular flexibility index (Phi) is 2.11. The number of nitrogens with one attached hydrogen (secondary N) is 1. The van der Waals surface area contributed by atoms with E-state index in [1.54, 1.807) is 0 Å². The molecule has 0 radical (unpaired) electrons. The topological polar surface area (TPSA) is 71.3 Å². The van der Waals surface area contributed by atoms with Crippen molar-refractivity contribution in [1.82, 2.24) is 10.3 Å². The number of rotatable bonds is 2. The van der Waals surface area contributed by atoms with Gasteiger partial charge in [-0.15, -0.1) is 0 Å². The summed E-state index contributed by atoms with van der Waals surface area (Å²) in [6.45, 7) is 2.50. The monoisotopic (exact) mass is 200 g/mol. The third-order valence-corrected chi connectivity index (χ3v) is 2.80. The Labute approximate surface area is 78.3 Å². The first kappa shape index (κ1) is 8.39. The van der Waals surface area contributed by atoms with Crippen LogP contribution in [0.25, 0.3) is 0 Å². The Balaban J connectivity index is 2.16. The van der Waals surface area contributed by atoms with Gasteiger partial charge in [0.1, 0.15) is 6.20 Å². The van der Waals surface area contributed by atoms with Gasteiger partial charge in [-0.05, 0) is 11.3 Å². The molecule has 2 rings (SSSR count). The summed E-state index contributed by atoms with van der Waals surface area (Å²) in [5.74, 6) is 0. The van der Waals surface area contributed by atoms with Crippen molar-refractivity contribution in [2.24, 2.45) is 0 Å². The first-order valence-electron chi connectivity index (χ1n) is 3.83. The zero-order valence-electron chi connectivity index (χ0n) is 6.77. The minimum atomic E-state index is -0.412. The quantitative estimate of drug-likeness (QED) is 0.553. The Bertz CT molecular complexity index is 320. The van der Waals surface area contributed by atoms with Crippen molar-refractivity contribution in [2.75, 3.05) is 24.7 Å². The van der Waals surface area contributed by atoms with Crippen LogP contribution in [-0.2, 0) is 0 Å². The minimum Gasteiger partial charge on any atom is -0.334 e. The number of thiazole rings is 1. The molecule has 70 valence electrons. The van der Waals surface area contributed by atoms with Crippen molar-refractivity contribution >= 4 is 21.5 Å². The Morgan fingerprint density at radius 1 is 1.77 bits per heavy atom. The van der Waals surface area contributed by atoms with E-state index in [9.17, 15) is 10.1 Å². The fraction of sp³-hybridized carbons (Fsp3) is 0.500. The zero-order chi connectivity index (χ0) is 9.26. The van der Waals surface area contributed by atoms with E-state index in [4.69, 9.17) is 0 Å². The molecular formula is C6H8N4O2S. The third-order valence-electron chi connectivity index (χ3n) is 1.79. The maximum absolute atomic E-state index is 10.4. The van der Waals surface area contributed by atoms with E-state index < -0.39 is 4.92 Å². The van der Waals surface area contributed by atoms with Gasteiger partial charge in [0.05, 0.1) is 11.6 Å². The van der Waals surface area contributed by atoms with Crippen LogP contribution in [0.3, 0.4) is 0 Å². The molecule has 1 saturated heterocycles. The fourth-order valence-electron chi connectivity index (χ4n) is 1.16. The van der Waals surface area contributed by atoms with Crippen LogP contribution >= 0.6 is 11.3 Å². The van der Waals surface area contributed by atoms with Crippen LogP contribution in [0.1, 0.15) is 0 Å². The summed E-state index contributed by atoms with van der Waals surface area (Å²) in [5, 5.41) is 14.3. The average Bonchev–Trinajstić information content (AvgIpc) is 2.75. The van der Waals surface area contributed by atoms with Gasteiger partial charge in [-0.1, -0.05) is 0 Å². The maximum atomic E-state index is 10.4. The van der Waals surface area contributed by atoms with Crippen LogP contribution in [-0.4, -0.2) is 29.7 Å². The second-order valence-corrected chi connectivity index (χ2v) is 3.65. The molecule has 0 spiro atoms. The summed E-state index contributed by atoms with van der Waals surface area (Å²) in [6, 6.07) is 0. The van der Waals surface area contributed by atoms with Gasteiger partial charge >= 0.3 is 5.00 Å². The highest BCUT2D eigenvalue weighted by Crippen LogP contribution is 2.28. The van der Waals surface area contributed by atoms with E-state index in [2.05, 4.69) is 10.3 Å². The number of aromatic nitrogens is 1. The molecule has 0 aromatic carbocycles. The van der Waals surface area contributed by atoms with E-state index in [0.29, 0.717) is 0 Å². The van der Waals surface area contributed by atoms with Crippen molar-refractivity contribution in [3.63, 3.8) is 0 Å². The Morgan fingerprint density at radius 3 is 3.15 bits per heavy atom. The highest BCUT2D eigenvalue weighted by molar-refractivity contribution is 7.18. The molecular weight excluding hydrogens is 192 g/mol. The van der Waals surface area contributed by atoms with Gasteiger partial charge in [-0.2, -0.15) is 0 Å². The van der Waals surface area contributed by atoms with Crippen LogP contribution in [0.5, 0.6) is 0 Å². The largest absolute Gasteiger partial charge is 0.345 e. The molecule has 1 aromatic heterocycles. The lowest BCUT2D eigenvalue weighted by atomic mass is 10.6. The second kappa shape index (κ2) is 3.27. The number of nitrogens with zero attached hydrogens (tertiary/aromatic N) is 3. The normalized spacial score (nSPS) is 16.5. The summed E-state index contributed by atoms with van der Waals surface area (Å²) in [4.78, 5) is 15.9. The number of hydrogen-bond donors (Lipinski definition) is 1. The number of hydrogen-bond acceptors (Lipinski definition) is 6. The molecule has 0 atom stereocenters. The molecule has 0 unspecified atom stereocenters. The fourth-order valence-corrected chi connectivity index (χ4v) is 1.91. The molecule has 6 nitrogen and oxygen atoms in total. The number of nitro groups is 1. The van der Waals surface area contributed by atoms with E-state index in [-0.39, 0.29) is 5.00 Å². The molecule has 0 bridgehead atoms. The van der Waals surface area contributed by atoms with Crippen molar-refractivity contribution in [3.05, 3.63) is 16.3 Å². The summed E-state index contributed by atoms with van der Waals surface area (Å²) >= 11 is 1.11. The summed E-state index contributed by atoms with van der Waals surface area (Å²) in [5.41, 5.74) is 0. The molecule has 2 heterocycles. The predicted octanol–water partition coefficient (Wildman–Crippen LogP) is 0.418. The lowest BCUT2D eigenvalue weighted by Gasteiger charge is -2.10. The smallest absolute Gasteiger partial charge is 0.334 e. The van der Waals surface area contributed by atoms with Crippen LogP contribution in [0.4, 0.5) is 10.1 Å². The molecule has 1 aliphatic rings. The minimum absolute atomic E-state index is 0.0990. The Morgan fingerprint density at radius 2 is 2.62 bits per heavy atom. The molecule has 0 amide bonds. The third kappa shape index (κ3) is 1.61. The summed E-state index contributed by atoms with van der Waals surface area (Å²) in [6.07, 6.45) is 1.30. The van der Waals surface area contributed by atoms with Gasteiger partial charge in [0.25, 0.3) is 0 Å². The number of anilines is 1.